The zero-order valence-electron chi connectivity index (χ0n) is 19.5. The Morgan fingerprint density at radius 2 is 1.88 bits per heavy atom. The maximum atomic E-state index is 8.88. The largest absolute Gasteiger partial charge is 0.494 e. The predicted molar refractivity (Wildman–Crippen MR) is 137 cm³/mol. The number of nitrogens with two attached hydrogens (primary N) is 1. The molecular weight excluding hydrogens is 426 g/mol. The van der Waals surface area contributed by atoms with Crippen LogP contribution in [0, 0.1) is 6.92 Å². The van der Waals surface area contributed by atoms with E-state index >= 15 is 0 Å². The summed E-state index contributed by atoms with van der Waals surface area (Å²) in [6.07, 6.45) is 2.76. The summed E-state index contributed by atoms with van der Waals surface area (Å²) in [6.45, 7) is 5.37. The topological polar surface area (TPSA) is 106 Å². The summed E-state index contributed by atoms with van der Waals surface area (Å²) >= 11 is 0. The molecule has 0 amide bonds. The number of ether oxygens (including phenoxy) is 1. The molecule has 3 aromatic carbocycles. The average molecular weight is 456 g/mol. The second kappa shape index (κ2) is 10.7. The Balaban J connectivity index is 1.48. The first-order valence-electron chi connectivity index (χ1n) is 11.3. The Kier molecular flexibility index (Phi) is 7.22. The highest BCUT2D eigenvalue weighted by Gasteiger charge is 2.10. The molecule has 0 bridgehead atoms. The Hall–Kier alpha value is -4.13. The highest BCUT2D eigenvalue weighted by molar-refractivity contribution is 5.86. The number of fused-ring (bicyclic) bond motifs is 1. The number of aromatic nitrogens is 2. The van der Waals surface area contributed by atoms with Gasteiger partial charge in [-0.25, -0.2) is 9.97 Å². The van der Waals surface area contributed by atoms with Crippen molar-refractivity contribution in [3.8, 4) is 17.0 Å². The van der Waals surface area contributed by atoms with Gasteiger partial charge in [-0.05, 0) is 48.2 Å². The van der Waals surface area contributed by atoms with E-state index < -0.39 is 0 Å². The first kappa shape index (κ1) is 23.0. The van der Waals surface area contributed by atoms with Crippen molar-refractivity contribution in [2.24, 2.45) is 10.9 Å². The van der Waals surface area contributed by atoms with E-state index in [9.17, 15) is 0 Å². The van der Waals surface area contributed by atoms with E-state index in [1.807, 2.05) is 31.2 Å². The van der Waals surface area contributed by atoms with Gasteiger partial charge in [0.05, 0.1) is 12.3 Å². The number of benzene rings is 3. The number of aryl methyl sites for hydroxylation is 1. The first-order valence-corrected chi connectivity index (χ1v) is 11.3. The molecule has 0 fully saturated rings. The molecule has 0 aliphatic rings. The first-order chi connectivity index (χ1) is 16.6. The van der Waals surface area contributed by atoms with Crippen molar-refractivity contribution in [2.45, 2.75) is 26.7 Å². The maximum Gasteiger partial charge on any atom is 0.143 e. The molecule has 1 heterocycles. The molecule has 0 spiro atoms. The summed E-state index contributed by atoms with van der Waals surface area (Å²) in [5, 5.41) is 17.9. The lowest BCUT2D eigenvalue weighted by atomic mass is 9.98. The minimum absolute atomic E-state index is 0.129. The zero-order valence-corrected chi connectivity index (χ0v) is 19.5. The Bertz CT molecular complexity index is 1320. The molecule has 0 unspecified atom stereocenters. The van der Waals surface area contributed by atoms with Crippen LogP contribution in [0.25, 0.3) is 22.0 Å². The van der Waals surface area contributed by atoms with Gasteiger partial charge < -0.3 is 21.0 Å². The Morgan fingerprint density at radius 1 is 1.06 bits per heavy atom. The van der Waals surface area contributed by atoms with Crippen molar-refractivity contribution < 1.29 is 9.94 Å². The number of amidine groups is 1. The lowest BCUT2D eigenvalue weighted by molar-refractivity contribution is 0.316. The minimum atomic E-state index is 0.129. The molecule has 0 aliphatic carbocycles. The molecule has 0 aliphatic heterocycles. The smallest absolute Gasteiger partial charge is 0.143 e. The van der Waals surface area contributed by atoms with Gasteiger partial charge in [-0.2, -0.15) is 0 Å². The second-order valence-electron chi connectivity index (χ2n) is 8.06. The van der Waals surface area contributed by atoms with Crippen LogP contribution < -0.4 is 15.8 Å². The van der Waals surface area contributed by atoms with E-state index in [2.05, 4.69) is 63.8 Å². The average Bonchev–Trinajstić information content (AvgIpc) is 2.87. The molecule has 0 radical (unpaired) electrons. The van der Waals surface area contributed by atoms with Crippen LogP contribution in [0.5, 0.6) is 5.75 Å². The molecule has 174 valence electrons. The van der Waals surface area contributed by atoms with E-state index in [0.29, 0.717) is 18.8 Å². The fraction of sp³-hybridized carbons (Fsp3) is 0.222. The number of hydrogen-bond donors (Lipinski definition) is 3. The summed E-state index contributed by atoms with van der Waals surface area (Å²) in [5.41, 5.74) is 10.9. The molecule has 4 rings (SSSR count). The number of hydrogen-bond acceptors (Lipinski definition) is 6. The van der Waals surface area contributed by atoms with Gasteiger partial charge in [-0.3, -0.25) is 0 Å². The molecule has 4 aromatic rings. The lowest BCUT2D eigenvalue weighted by Crippen LogP contribution is -2.15. The van der Waals surface area contributed by atoms with Gasteiger partial charge in [0.1, 0.15) is 23.7 Å². The van der Waals surface area contributed by atoms with Crippen LogP contribution in [0.4, 0.5) is 5.82 Å². The molecule has 7 nitrogen and oxygen atoms in total. The summed E-state index contributed by atoms with van der Waals surface area (Å²) in [7, 11) is 0. The number of anilines is 1. The number of nitrogens with zero attached hydrogens (tertiary/aromatic N) is 3. The lowest BCUT2D eigenvalue weighted by Gasteiger charge is -2.13. The third-order valence-corrected chi connectivity index (χ3v) is 5.84. The number of oxime groups is 1. The number of nitrogens with one attached hydrogen (secondary N) is 1. The highest BCUT2D eigenvalue weighted by atomic mass is 16.5. The molecule has 1 aromatic heterocycles. The molecule has 0 saturated heterocycles. The van der Waals surface area contributed by atoms with Crippen molar-refractivity contribution in [2.75, 3.05) is 18.5 Å². The van der Waals surface area contributed by atoms with E-state index in [0.717, 1.165) is 35.6 Å². The van der Waals surface area contributed by atoms with Gasteiger partial charge in [0.2, 0.25) is 0 Å². The molecule has 0 atom stereocenters. The quantitative estimate of drug-likeness (QED) is 0.143. The van der Waals surface area contributed by atoms with Crippen LogP contribution in [0.1, 0.15) is 23.6 Å². The van der Waals surface area contributed by atoms with Crippen molar-refractivity contribution in [1.29, 1.82) is 0 Å². The van der Waals surface area contributed by atoms with Crippen LogP contribution in [0.2, 0.25) is 0 Å². The Morgan fingerprint density at radius 3 is 2.71 bits per heavy atom. The van der Waals surface area contributed by atoms with E-state index in [1.54, 1.807) is 6.33 Å². The minimum Gasteiger partial charge on any atom is -0.494 e. The summed E-state index contributed by atoms with van der Waals surface area (Å²) < 4.78 is 5.78. The van der Waals surface area contributed by atoms with Gasteiger partial charge in [-0.1, -0.05) is 53.7 Å². The summed E-state index contributed by atoms with van der Waals surface area (Å²) in [6, 6.07) is 20.6. The van der Waals surface area contributed by atoms with E-state index in [4.69, 9.17) is 15.7 Å². The molecular formula is C27H29N5O2. The van der Waals surface area contributed by atoms with Gasteiger partial charge in [-0.15, -0.1) is 0 Å². The van der Waals surface area contributed by atoms with Crippen LogP contribution in [-0.2, 0) is 12.8 Å². The normalized spacial score (nSPS) is 11.5. The van der Waals surface area contributed by atoms with Crippen LogP contribution >= 0.6 is 0 Å². The van der Waals surface area contributed by atoms with E-state index in [1.165, 1.54) is 21.9 Å². The molecule has 34 heavy (non-hydrogen) atoms. The SMILES string of the molecule is CCOc1cc(-c2cc(NCCc3ccc4ccccc4c3C)ncn2)ccc1C/C(N)=N/O. The Labute approximate surface area is 199 Å². The van der Waals surface area contributed by atoms with Gasteiger partial charge in [0.25, 0.3) is 0 Å². The summed E-state index contributed by atoms with van der Waals surface area (Å²) in [4.78, 5) is 8.82. The van der Waals surface area contributed by atoms with Crippen molar-refractivity contribution in [1.82, 2.24) is 9.97 Å². The van der Waals surface area contributed by atoms with Crippen molar-refractivity contribution in [3.63, 3.8) is 0 Å². The van der Waals surface area contributed by atoms with Crippen molar-refractivity contribution >= 4 is 22.4 Å². The van der Waals surface area contributed by atoms with Gasteiger partial charge in [0, 0.05) is 30.2 Å². The highest BCUT2D eigenvalue weighted by Crippen LogP contribution is 2.28. The van der Waals surface area contributed by atoms with E-state index in [-0.39, 0.29) is 5.84 Å². The standard InChI is InChI=1S/C27H29N5O2/c1-3-34-25-14-21(10-11-22(25)15-26(28)32-33)24-16-27(31-17-30-24)29-13-12-19-8-9-20-6-4-5-7-23(20)18(19)2/h4-11,14,16-17,33H,3,12-13,15H2,1-2H3,(H2,28,32)(H,29,30,31). The molecule has 7 heteroatoms. The second-order valence-corrected chi connectivity index (χ2v) is 8.06. The van der Waals surface area contributed by atoms with Crippen molar-refractivity contribution in [3.05, 3.63) is 83.7 Å². The van der Waals surface area contributed by atoms with Crippen LogP contribution in [-0.4, -0.2) is 34.2 Å². The third-order valence-electron chi connectivity index (χ3n) is 5.84. The number of rotatable bonds is 9. The monoisotopic (exact) mass is 455 g/mol. The zero-order chi connectivity index (χ0) is 23.9. The van der Waals surface area contributed by atoms with Gasteiger partial charge in [0.15, 0.2) is 0 Å². The predicted octanol–water partition coefficient (Wildman–Crippen LogP) is 4.95. The van der Waals surface area contributed by atoms with Gasteiger partial charge >= 0.3 is 0 Å². The van der Waals surface area contributed by atoms with Crippen LogP contribution in [0.3, 0.4) is 0 Å². The third kappa shape index (κ3) is 5.26. The maximum absolute atomic E-state index is 8.88. The fourth-order valence-electron chi connectivity index (χ4n) is 4.06. The van der Waals surface area contributed by atoms with Crippen LogP contribution in [0.15, 0.2) is 72.1 Å². The summed E-state index contributed by atoms with van der Waals surface area (Å²) in [5.74, 6) is 1.58. The molecule has 0 saturated carbocycles. The fourth-order valence-corrected chi connectivity index (χ4v) is 4.06. The molecule has 4 N–H and O–H groups in total.